The van der Waals surface area contributed by atoms with Crippen molar-refractivity contribution in [2.45, 2.75) is 19.2 Å². The molecule has 0 N–H and O–H groups in total. The Morgan fingerprint density at radius 3 is 2.40 bits per heavy atom. The largest absolute Gasteiger partial charge is 0.329 e. The molecule has 0 fully saturated rings. The van der Waals surface area contributed by atoms with Gasteiger partial charge in [-0.25, -0.2) is 0 Å². The molecule has 5 nitrogen and oxygen atoms in total. The van der Waals surface area contributed by atoms with Crippen LogP contribution < -0.4 is 0 Å². The van der Waals surface area contributed by atoms with E-state index >= 15 is 0 Å². The second kappa shape index (κ2) is 4.27. The molecule has 0 aliphatic carbocycles. The minimum atomic E-state index is -1.04. The molecule has 0 saturated carbocycles. The standard InChI is InChI=1S/C10H12N4O/c1-2-8-15-10(11-13-14-12-10)9-6-4-3-5-7-9/h3-7H,2,8H2,1H3. The summed E-state index contributed by atoms with van der Waals surface area (Å²) in [5, 5.41) is 14.9. The Morgan fingerprint density at radius 1 is 1.13 bits per heavy atom. The van der Waals surface area contributed by atoms with Gasteiger partial charge in [0, 0.05) is 5.56 Å². The van der Waals surface area contributed by atoms with Gasteiger partial charge < -0.3 is 4.74 Å². The van der Waals surface area contributed by atoms with Gasteiger partial charge in [-0.05, 0) is 16.9 Å². The van der Waals surface area contributed by atoms with E-state index in [1.54, 1.807) is 0 Å². The third-order valence-electron chi connectivity index (χ3n) is 2.06. The second-order valence-electron chi connectivity index (χ2n) is 3.20. The molecule has 1 aliphatic heterocycles. The molecular weight excluding hydrogens is 192 g/mol. The molecule has 1 aliphatic rings. The molecule has 1 aromatic rings. The van der Waals surface area contributed by atoms with Crippen LogP contribution in [0.1, 0.15) is 18.9 Å². The van der Waals surface area contributed by atoms with Gasteiger partial charge in [-0.2, -0.15) is 0 Å². The lowest BCUT2D eigenvalue weighted by molar-refractivity contribution is -0.0395. The molecule has 0 saturated heterocycles. The molecule has 1 heterocycles. The van der Waals surface area contributed by atoms with Crippen LogP contribution in [-0.4, -0.2) is 6.61 Å². The number of nitrogens with zero attached hydrogens (tertiary/aromatic N) is 4. The molecule has 5 heteroatoms. The van der Waals surface area contributed by atoms with Crippen LogP contribution in [0.15, 0.2) is 51.0 Å². The van der Waals surface area contributed by atoms with E-state index < -0.39 is 5.85 Å². The lowest BCUT2D eigenvalue weighted by Gasteiger charge is -2.19. The van der Waals surface area contributed by atoms with Gasteiger partial charge in [0.05, 0.1) is 6.61 Å². The highest BCUT2D eigenvalue weighted by atomic mass is 16.5. The van der Waals surface area contributed by atoms with E-state index in [4.69, 9.17) is 4.74 Å². The third-order valence-corrected chi connectivity index (χ3v) is 2.06. The van der Waals surface area contributed by atoms with Crippen LogP contribution in [0.25, 0.3) is 0 Å². The summed E-state index contributed by atoms with van der Waals surface area (Å²) in [4.78, 5) is 0. The number of rotatable bonds is 4. The van der Waals surface area contributed by atoms with E-state index in [0.717, 1.165) is 12.0 Å². The summed E-state index contributed by atoms with van der Waals surface area (Å²) in [7, 11) is 0. The number of benzene rings is 1. The second-order valence-corrected chi connectivity index (χ2v) is 3.20. The Labute approximate surface area is 87.9 Å². The Kier molecular flexibility index (Phi) is 2.82. The zero-order chi connectivity index (χ0) is 10.6. The van der Waals surface area contributed by atoms with E-state index in [0.29, 0.717) is 6.61 Å². The fraction of sp³-hybridized carbons (Fsp3) is 0.400. The summed E-state index contributed by atoms with van der Waals surface area (Å²) >= 11 is 0. The van der Waals surface area contributed by atoms with Crippen LogP contribution in [0.4, 0.5) is 0 Å². The molecular formula is C10H12N4O. The summed E-state index contributed by atoms with van der Waals surface area (Å²) in [5.74, 6) is -1.04. The quantitative estimate of drug-likeness (QED) is 0.743. The van der Waals surface area contributed by atoms with Crippen LogP contribution in [-0.2, 0) is 10.6 Å². The Morgan fingerprint density at radius 2 is 1.80 bits per heavy atom. The Hall–Kier alpha value is -1.62. The fourth-order valence-electron chi connectivity index (χ4n) is 1.34. The first-order valence-electron chi connectivity index (χ1n) is 4.91. The maximum Gasteiger partial charge on any atom is 0.324 e. The average molecular weight is 204 g/mol. The van der Waals surface area contributed by atoms with Gasteiger partial charge in [0.2, 0.25) is 0 Å². The zero-order valence-corrected chi connectivity index (χ0v) is 8.50. The van der Waals surface area contributed by atoms with Crippen molar-refractivity contribution in [2.24, 2.45) is 20.7 Å². The normalized spacial score (nSPS) is 17.1. The average Bonchev–Trinajstić information content (AvgIpc) is 2.78. The lowest BCUT2D eigenvalue weighted by Crippen LogP contribution is -2.23. The minimum Gasteiger partial charge on any atom is -0.329 e. The fourth-order valence-corrected chi connectivity index (χ4v) is 1.34. The van der Waals surface area contributed by atoms with Gasteiger partial charge in [-0.3, -0.25) is 0 Å². The van der Waals surface area contributed by atoms with E-state index in [1.807, 2.05) is 37.3 Å². The van der Waals surface area contributed by atoms with Crippen LogP contribution in [0.5, 0.6) is 0 Å². The minimum absolute atomic E-state index is 0.576. The first kappa shape index (κ1) is 9.92. The molecule has 0 amide bonds. The summed E-state index contributed by atoms with van der Waals surface area (Å²) in [6.07, 6.45) is 0.902. The summed E-state index contributed by atoms with van der Waals surface area (Å²) in [5.41, 5.74) is 0.850. The van der Waals surface area contributed by atoms with Crippen molar-refractivity contribution in [3.8, 4) is 0 Å². The highest BCUT2D eigenvalue weighted by Gasteiger charge is 2.36. The molecule has 0 radical (unpaired) electrons. The van der Waals surface area contributed by atoms with Crippen LogP contribution in [0.3, 0.4) is 0 Å². The van der Waals surface area contributed by atoms with E-state index in [2.05, 4.69) is 20.7 Å². The molecule has 2 rings (SSSR count). The predicted octanol–water partition coefficient (Wildman–Crippen LogP) is 3.06. The van der Waals surface area contributed by atoms with Gasteiger partial charge in [-0.1, -0.05) is 37.3 Å². The summed E-state index contributed by atoms with van der Waals surface area (Å²) in [6.45, 7) is 2.61. The highest BCUT2D eigenvalue weighted by Crippen LogP contribution is 2.33. The predicted molar refractivity (Wildman–Crippen MR) is 54.1 cm³/mol. The number of ether oxygens (including phenoxy) is 1. The van der Waals surface area contributed by atoms with Crippen LogP contribution in [0.2, 0.25) is 0 Å². The van der Waals surface area contributed by atoms with Crippen molar-refractivity contribution in [2.75, 3.05) is 6.61 Å². The summed E-state index contributed by atoms with van der Waals surface area (Å²) in [6, 6.07) is 9.56. The maximum atomic E-state index is 5.60. The van der Waals surface area contributed by atoms with Gasteiger partial charge in [-0.15, -0.1) is 10.2 Å². The van der Waals surface area contributed by atoms with Gasteiger partial charge in [0.1, 0.15) is 0 Å². The van der Waals surface area contributed by atoms with Crippen molar-refractivity contribution in [1.82, 2.24) is 0 Å². The Bertz CT molecular complexity index is 362. The molecule has 0 spiro atoms. The molecule has 0 bridgehead atoms. The lowest BCUT2D eigenvalue weighted by atomic mass is 10.1. The molecule has 15 heavy (non-hydrogen) atoms. The van der Waals surface area contributed by atoms with Crippen molar-refractivity contribution >= 4 is 0 Å². The molecule has 0 aromatic heterocycles. The smallest absolute Gasteiger partial charge is 0.324 e. The number of hydrogen-bond acceptors (Lipinski definition) is 5. The van der Waals surface area contributed by atoms with Crippen LogP contribution >= 0.6 is 0 Å². The van der Waals surface area contributed by atoms with Crippen molar-refractivity contribution in [3.05, 3.63) is 35.9 Å². The maximum absolute atomic E-state index is 5.60. The monoisotopic (exact) mass is 204 g/mol. The van der Waals surface area contributed by atoms with Gasteiger partial charge in [0.15, 0.2) is 0 Å². The van der Waals surface area contributed by atoms with Crippen LogP contribution in [0, 0.1) is 0 Å². The molecule has 0 atom stereocenters. The molecule has 1 aromatic carbocycles. The zero-order valence-electron chi connectivity index (χ0n) is 8.50. The molecule has 0 unspecified atom stereocenters. The van der Waals surface area contributed by atoms with Crippen molar-refractivity contribution in [3.63, 3.8) is 0 Å². The number of hydrogen-bond donors (Lipinski definition) is 0. The first-order valence-corrected chi connectivity index (χ1v) is 4.91. The molecule has 78 valence electrons. The topological polar surface area (TPSA) is 58.7 Å². The van der Waals surface area contributed by atoms with Gasteiger partial charge >= 0.3 is 5.85 Å². The summed E-state index contributed by atoms with van der Waals surface area (Å²) < 4.78 is 5.60. The van der Waals surface area contributed by atoms with E-state index in [9.17, 15) is 0 Å². The first-order chi connectivity index (χ1) is 7.37. The SMILES string of the molecule is CCCOC1(c2ccccc2)N=NN=N1. The van der Waals surface area contributed by atoms with E-state index in [1.165, 1.54) is 0 Å². The third kappa shape index (κ3) is 1.92. The van der Waals surface area contributed by atoms with E-state index in [-0.39, 0.29) is 0 Å². The van der Waals surface area contributed by atoms with Crippen molar-refractivity contribution < 1.29 is 4.74 Å². The Balaban J connectivity index is 2.28. The van der Waals surface area contributed by atoms with Crippen molar-refractivity contribution in [1.29, 1.82) is 0 Å². The van der Waals surface area contributed by atoms with Gasteiger partial charge in [0.25, 0.3) is 0 Å². The highest BCUT2D eigenvalue weighted by molar-refractivity contribution is 5.21.